The van der Waals surface area contributed by atoms with Gasteiger partial charge in [0.15, 0.2) is 17.2 Å². The first kappa shape index (κ1) is 13.2. The molecule has 0 spiro atoms. The van der Waals surface area contributed by atoms with Crippen LogP contribution in [0.3, 0.4) is 0 Å². The second kappa shape index (κ2) is 5.66. The maximum absolute atomic E-state index is 11.3. The van der Waals surface area contributed by atoms with Crippen molar-refractivity contribution in [2.24, 2.45) is 0 Å². The largest absolute Gasteiger partial charge is 0.486 e. The number of carbonyl (C=O) groups is 1. The summed E-state index contributed by atoms with van der Waals surface area (Å²) in [5.74, 6) is 1.40. The second-order valence-corrected chi connectivity index (χ2v) is 4.26. The van der Waals surface area contributed by atoms with Gasteiger partial charge >= 0.3 is 5.97 Å². The quantitative estimate of drug-likeness (QED) is 0.861. The highest BCUT2D eigenvalue weighted by atomic mass is 16.6. The highest BCUT2D eigenvalue weighted by Gasteiger charge is 2.12. The Morgan fingerprint density at radius 1 is 1.19 bits per heavy atom. The number of rotatable bonds is 3. The van der Waals surface area contributed by atoms with Crippen molar-refractivity contribution in [2.75, 3.05) is 25.6 Å². The molecule has 3 rings (SSSR count). The van der Waals surface area contributed by atoms with E-state index >= 15 is 0 Å². The van der Waals surface area contributed by atoms with Gasteiger partial charge in [-0.2, -0.15) is 0 Å². The molecule has 0 radical (unpaired) electrons. The summed E-state index contributed by atoms with van der Waals surface area (Å²) >= 11 is 0. The van der Waals surface area contributed by atoms with Crippen LogP contribution < -0.4 is 14.8 Å². The van der Waals surface area contributed by atoms with Crippen molar-refractivity contribution in [2.45, 2.75) is 0 Å². The number of nitrogens with one attached hydrogen (secondary N) is 1. The predicted molar refractivity (Wildman–Crippen MR) is 74.1 cm³/mol. The lowest BCUT2D eigenvalue weighted by Gasteiger charge is -2.19. The zero-order valence-corrected chi connectivity index (χ0v) is 11.3. The number of nitrogens with zero attached hydrogens (tertiary/aromatic N) is 2. The summed E-state index contributed by atoms with van der Waals surface area (Å²) < 4.78 is 15.5. The minimum absolute atomic E-state index is 0.158. The van der Waals surface area contributed by atoms with Crippen LogP contribution in [-0.2, 0) is 4.74 Å². The van der Waals surface area contributed by atoms with Gasteiger partial charge < -0.3 is 19.5 Å². The molecule has 1 aliphatic rings. The third kappa shape index (κ3) is 2.86. The Morgan fingerprint density at radius 3 is 2.71 bits per heavy atom. The van der Waals surface area contributed by atoms with Gasteiger partial charge in [0.05, 0.1) is 19.5 Å². The van der Waals surface area contributed by atoms with E-state index in [1.807, 2.05) is 18.2 Å². The van der Waals surface area contributed by atoms with Gasteiger partial charge in [0, 0.05) is 11.8 Å². The fourth-order valence-electron chi connectivity index (χ4n) is 1.87. The number of fused-ring (bicyclic) bond motifs is 1. The van der Waals surface area contributed by atoms with Crippen molar-refractivity contribution in [3.05, 3.63) is 36.3 Å². The smallest absolute Gasteiger partial charge is 0.358 e. The molecule has 1 aromatic heterocycles. The van der Waals surface area contributed by atoms with E-state index in [-0.39, 0.29) is 5.69 Å². The van der Waals surface area contributed by atoms with Crippen LogP contribution in [0.1, 0.15) is 10.5 Å². The second-order valence-electron chi connectivity index (χ2n) is 4.26. The van der Waals surface area contributed by atoms with Gasteiger partial charge in [-0.15, -0.1) is 0 Å². The minimum Gasteiger partial charge on any atom is -0.486 e. The zero-order valence-electron chi connectivity index (χ0n) is 11.3. The molecule has 0 amide bonds. The van der Waals surface area contributed by atoms with Gasteiger partial charge in [-0.3, -0.25) is 0 Å². The lowest BCUT2D eigenvalue weighted by Crippen LogP contribution is -2.15. The zero-order chi connectivity index (χ0) is 14.7. The molecule has 0 fully saturated rings. The number of ether oxygens (including phenoxy) is 3. The average molecular weight is 287 g/mol. The Morgan fingerprint density at radius 2 is 2.00 bits per heavy atom. The van der Waals surface area contributed by atoms with Gasteiger partial charge in [-0.1, -0.05) is 0 Å². The summed E-state index contributed by atoms with van der Waals surface area (Å²) in [6, 6.07) is 5.50. The van der Waals surface area contributed by atoms with Gasteiger partial charge in [-0.05, 0) is 12.1 Å². The number of esters is 1. The Balaban J connectivity index is 1.75. The van der Waals surface area contributed by atoms with Crippen molar-refractivity contribution in [1.29, 1.82) is 0 Å². The SMILES string of the molecule is COC(=O)c1cnc(Nc2ccc3c(c2)OCCO3)cn1. The molecular formula is C14H13N3O4. The highest BCUT2D eigenvalue weighted by Crippen LogP contribution is 2.33. The first-order valence-electron chi connectivity index (χ1n) is 6.33. The highest BCUT2D eigenvalue weighted by molar-refractivity contribution is 5.86. The van der Waals surface area contributed by atoms with Crippen molar-refractivity contribution in [3.63, 3.8) is 0 Å². The lowest BCUT2D eigenvalue weighted by molar-refractivity contribution is 0.0593. The standard InChI is InChI=1S/C14H13N3O4/c1-19-14(18)10-7-16-13(8-15-10)17-9-2-3-11-12(6-9)21-5-4-20-11/h2-3,6-8H,4-5H2,1H3,(H,16,17). The van der Waals surface area contributed by atoms with E-state index in [4.69, 9.17) is 9.47 Å². The van der Waals surface area contributed by atoms with Crippen LogP contribution in [0.4, 0.5) is 11.5 Å². The predicted octanol–water partition coefficient (Wildman–Crippen LogP) is 1.78. The van der Waals surface area contributed by atoms with Crippen LogP contribution in [0.15, 0.2) is 30.6 Å². The third-order valence-corrected chi connectivity index (χ3v) is 2.86. The topological polar surface area (TPSA) is 82.6 Å². The van der Waals surface area contributed by atoms with Crippen LogP contribution in [0.25, 0.3) is 0 Å². The number of aromatic nitrogens is 2. The van der Waals surface area contributed by atoms with E-state index in [9.17, 15) is 4.79 Å². The molecule has 0 unspecified atom stereocenters. The van der Waals surface area contributed by atoms with Crippen LogP contribution in [0, 0.1) is 0 Å². The number of hydrogen-bond donors (Lipinski definition) is 1. The fourth-order valence-corrected chi connectivity index (χ4v) is 1.87. The molecule has 0 atom stereocenters. The molecule has 2 heterocycles. The molecule has 0 saturated heterocycles. The molecule has 0 saturated carbocycles. The fraction of sp³-hybridized carbons (Fsp3) is 0.214. The number of methoxy groups -OCH3 is 1. The summed E-state index contributed by atoms with van der Waals surface area (Å²) in [6.45, 7) is 1.09. The van der Waals surface area contributed by atoms with Crippen molar-refractivity contribution in [3.8, 4) is 11.5 Å². The first-order valence-corrected chi connectivity index (χ1v) is 6.33. The maximum atomic E-state index is 11.3. The van der Waals surface area contributed by atoms with Gasteiger partial charge in [0.2, 0.25) is 0 Å². The normalized spacial score (nSPS) is 12.6. The molecular weight excluding hydrogens is 274 g/mol. The molecule has 7 nitrogen and oxygen atoms in total. The minimum atomic E-state index is -0.520. The molecule has 1 aliphatic heterocycles. The van der Waals surface area contributed by atoms with E-state index in [1.165, 1.54) is 19.5 Å². The molecule has 2 aromatic rings. The van der Waals surface area contributed by atoms with Crippen LogP contribution >= 0.6 is 0 Å². The van der Waals surface area contributed by atoms with E-state index in [0.29, 0.717) is 24.8 Å². The Hall–Kier alpha value is -2.83. The summed E-state index contributed by atoms with van der Waals surface area (Å²) in [5.41, 5.74) is 0.949. The number of anilines is 2. The van der Waals surface area contributed by atoms with Crippen molar-refractivity contribution >= 4 is 17.5 Å². The van der Waals surface area contributed by atoms with Crippen molar-refractivity contribution < 1.29 is 19.0 Å². The summed E-state index contributed by atoms with van der Waals surface area (Å²) in [4.78, 5) is 19.4. The van der Waals surface area contributed by atoms with Crippen LogP contribution in [0.5, 0.6) is 11.5 Å². The molecule has 0 aliphatic carbocycles. The van der Waals surface area contributed by atoms with E-state index in [1.54, 1.807) is 0 Å². The monoisotopic (exact) mass is 287 g/mol. The number of hydrogen-bond acceptors (Lipinski definition) is 7. The Labute approximate surface area is 120 Å². The maximum Gasteiger partial charge on any atom is 0.358 e. The van der Waals surface area contributed by atoms with Gasteiger partial charge in [0.1, 0.15) is 19.0 Å². The Kier molecular flexibility index (Phi) is 3.55. The van der Waals surface area contributed by atoms with E-state index in [0.717, 1.165) is 11.4 Å². The van der Waals surface area contributed by atoms with E-state index < -0.39 is 5.97 Å². The Bertz CT molecular complexity index is 658. The summed E-state index contributed by atoms with van der Waals surface area (Å²) in [5, 5.41) is 3.08. The molecule has 1 aromatic carbocycles. The number of carbonyl (C=O) groups excluding carboxylic acids is 1. The summed E-state index contributed by atoms with van der Waals surface area (Å²) in [7, 11) is 1.30. The molecule has 7 heteroatoms. The van der Waals surface area contributed by atoms with Gasteiger partial charge in [0.25, 0.3) is 0 Å². The summed E-state index contributed by atoms with van der Waals surface area (Å²) in [6.07, 6.45) is 2.81. The lowest BCUT2D eigenvalue weighted by atomic mass is 10.2. The first-order chi connectivity index (χ1) is 10.3. The van der Waals surface area contributed by atoms with Crippen LogP contribution in [0.2, 0.25) is 0 Å². The number of benzene rings is 1. The average Bonchev–Trinajstić information content (AvgIpc) is 2.55. The van der Waals surface area contributed by atoms with Crippen molar-refractivity contribution in [1.82, 2.24) is 9.97 Å². The molecule has 0 bridgehead atoms. The molecule has 21 heavy (non-hydrogen) atoms. The van der Waals surface area contributed by atoms with E-state index in [2.05, 4.69) is 20.0 Å². The van der Waals surface area contributed by atoms with Crippen LogP contribution in [-0.4, -0.2) is 36.3 Å². The molecule has 108 valence electrons. The third-order valence-electron chi connectivity index (χ3n) is 2.86. The van der Waals surface area contributed by atoms with Gasteiger partial charge in [-0.25, -0.2) is 14.8 Å². The molecule has 1 N–H and O–H groups in total.